The zero-order valence-corrected chi connectivity index (χ0v) is 17.4. The second kappa shape index (κ2) is 8.99. The minimum Gasteiger partial charge on any atom is -0.352 e. The van der Waals surface area contributed by atoms with Gasteiger partial charge in [0.25, 0.3) is 0 Å². The Morgan fingerprint density at radius 3 is 2.40 bits per heavy atom. The third kappa shape index (κ3) is 4.72. The molecule has 1 saturated carbocycles. The Labute approximate surface area is 177 Å². The molecule has 0 bridgehead atoms. The number of piperidine rings is 1. The Kier molecular flexibility index (Phi) is 6.16. The molecule has 2 aromatic rings. The van der Waals surface area contributed by atoms with E-state index in [1.807, 2.05) is 4.90 Å². The van der Waals surface area contributed by atoms with Gasteiger partial charge in [-0.25, -0.2) is 4.39 Å². The van der Waals surface area contributed by atoms with E-state index in [9.17, 15) is 14.0 Å². The van der Waals surface area contributed by atoms with Gasteiger partial charge in [0.05, 0.1) is 12.0 Å². The Balaban J connectivity index is 1.44. The molecule has 5 heteroatoms. The minimum absolute atomic E-state index is 0.0382. The maximum Gasteiger partial charge on any atom is 0.226 e. The van der Waals surface area contributed by atoms with Gasteiger partial charge in [-0.05, 0) is 60.9 Å². The number of hydrogen-bond donors (Lipinski definition) is 1. The molecular formula is C25H29FN2O2. The Hall–Kier alpha value is -2.69. The SMILES string of the molecule is CCc1ccc(C2CCC(C(=O)NCc3cccc(F)c3)CN2C(=O)C2CC2)cc1. The highest BCUT2D eigenvalue weighted by Crippen LogP contribution is 2.39. The lowest BCUT2D eigenvalue weighted by Gasteiger charge is -2.40. The second-order valence-electron chi connectivity index (χ2n) is 8.50. The molecule has 0 aromatic heterocycles. The van der Waals surface area contributed by atoms with Crippen LogP contribution >= 0.6 is 0 Å². The van der Waals surface area contributed by atoms with E-state index in [0.717, 1.165) is 43.2 Å². The predicted octanol–water partition coefficient (Wildman–Crippen LogP) is 4.39. The number of nitrogens with zero attached hydrogens (tertiary/aromatic N) is 1. The van der Waals surface area contributed by atoms with Crippen molar-refractivity contribution in [3.8, 4) is 0 Å². The van der Waals surface area contributed by atoms with E-state index in [2.05, 4.69) is 36.5 Å². The summed E-state index contributed by atoms with van der Waals surface area (Å²) in [7, 11) is 0. The lowest BCUT2D eigenvalue weighted by molar-refractivity contribution is -0.140. The summed E-state index contributed by atoms with van der Waals surface area (Å²) in [5.41, 5.74) is 3.17. The molecule has 1 aliphatic heterocycles. The van der Waals surface area contributed by atoms with Crippen LogP contribution in [-0.4, -0.2) is 23.3 Å². The van der Waals surface area contributed by atoms with Gasteiger partial charge in [-0.15, -0.1) is 0 Å². The average Bonchev–Trinajstić information content (AvgIpc) is 3.62. The van der Waals surface area contributed by atoms with Crippen LogP contribution in [0.15, 0.2) is 48.5 Å². The number of hydrogen-bond acceptors (Lipinski definition) is 2. The summed E-state index contributed by atoms with van der Waals surface area (Å²) >= 11 is 0. The molecule has 1 heterocycles. The van der Waals surface area contributed by atoms with E-state index >= 15 is 0 Å². The Bertz CT molecular complexity index is 908. The maximum atomic E-state index is 13.4. The van der Waals surface area contributed by atoms with Gasteiger partial charge < -0.3 is 10.2 Å². The van der Waals surface area contributed by atoms with E-state index < -0.39 is 0 Å². The van der Waals surface area contributed by atoms with Crippen LogP contribution in [0.5, 0.6) is 0 Å². The van der Waals surface area contributed by atoms with Gasteiger partial charge in [0.15, 0.2) is 0 Å². The summed E-state index contributed by atoms with van der Waals surface area (Å²) in [6.07, 6.45) is 4.41. The molecule has 2 aromatic carbocycles. The average molecular weight is 409 g/mol. The molecular weight excluding hydrogens is 379 g/mol. The highest BCUT2D eigenvalue weighted by Gasteiger charge is 2.41. The molecule has 0 radical (unpaired) electrons. The lowest BCUT2D eigenvalue weighted by Crippen LogP contribution is -2.47. The standard InChI is InChI=1S/C25H29FN2O2/c1-2-17-6-8-19(9-7-17)23-13-12-21(16-28(23)25(30)20-10-11-20)24(29)27-15-18-4-3-5-22(26)14-18/h3-9,14,20-21,23H,2,10-13,15-16H2,1H3,(H,27,29). The van der Waals surface area contributed by atoms with Gasteiger partial charge in [-0.3, -0.25) is 9.59 Å². The fourth-order valence-electron chi connectivity index (χ4n) is 4.30. The van der Waals surface area contributed by atoms with Crippen LogP contribution in [0.3, 0.4) is 0 Å². The number of benzene rings is 2. The minimum atomic E-state index is -0.308. The summed E-state index contributed by atoms with van der Waals surface area (Å²) < 4.78 is 13.4. The highest BCUT2D eigenvalue weighted by atomic mass is 19.1. The summed E-state index contributed by atoms with van der Waals surface area (Å²) in [5.74, 6) is -0.295. The van der Waals surface area contributed by atoms with E-state index in [1.165, 1.54) is 17.7 Å². The first kappa shape index (κ1) is 20.6. The third-order valence-corrected chi connectivity index (χ3v) is 6.29. The Morgan fingerprint density at radius 2 is 1.73 bits per heavy atom. The molecule has 0 spiro atoms. The zero-order chi connectivity index (χ0) is 21.1. The van der Waals surface area contributed by atoms with Crippen molar-refractivity contribution in [2.45, 2.75) is 51.6 Å². The normalized spacial score (nSPS) is 21.3. The van der Waals surface area contributed by atoms with Crippen molar-refractivity contribution < 1.29 is 14.0 Å². The van der Waals surface area contributed by atoms with E-state index in [-0.39, 0.29) is 35.5 Å². The fraction of sp³-hybridized carbons (Fsp3) is 0.440. The highest BCUT2D eigenvalue weighted by molar-refractivity contribution is 5.84. The van der Waals surface area contributed by atoms with Gasteiger partial charge in [0.1, 0.15) is 5.82 Å². The first-order valence-electron chi connectivity index (χ1n) is 11.0. The third-order valence-electron chi connectivity index (χ3n) is 6.29. The molecule has 4 nitrogen and oxygen atoms in total. The van der Waals surface area contributed by atoms with Gasteiger partial charge in [-0.1, -0.05) is 43.3 Å². The first-order chi connectivity index (χ1) is 14.5. The van der Waals surface area contributed by atoms with Gasteiger partial charge in [0.2, 0.25) is 11.8 Å². The lowest BCUT2D eigenvalue weighted by atomic mass is 9.87. The van der Waals surface area contributed by atoms with Crippen molar-refractivity contribution in [1.82, 2.24) is 10.2 Å². The van der Waals surface area contributed by atoms with Crippen molar-refractivity contribution in [2.24, 2.45) is 11.8 Å². The van der Waals surface area contributed by atoms with Crippen molar-refractivity contribution in [3.05, 3.63) is 71.0 Å². The summed E-state index contributed by atoms with van der Waals surface area (Å²) in [6, 6.07) is 14.8. The van der Waals surface area contributed by atoms with Crippen LogP contribution < -0.4 is 5.32 Å². The van der Waals surface area contributed by atoms with E-state index in [0.29, 0.717) is 13.1 Å². The van der Waals surface area contributed by atoms with Gasteiger partial charge >= 0.3 is 0 Å². The zero-order valence-electron chi connectivity index (χ0n) is 17.4. The topological polar surface area (TPSA) is 49.4 Å². The van der Waals surface area contributed by atoms with Crippen LogP contribution in [0, 0.1) is 17.7 Å². The van der Waals surface area contributed by atoms with Gasteiger partial charge in [0, 0.05) is 19.0 Å². The van der Waals surface area contributed by atoms with Crippen molar-refractivity contribution in [1.29, 1.82) is 0 Å². The molecule has 1 aliphatic carbocycles. The molecule has 2 amide bonds. The predicted molar refractivity (Wildman–Crippen MR) is 114 cm³/mol. The molecule has 4 rings (SSSR count). The molecule has 2 atom stereocenters. The van der Waals surface area contributed by atoms with Crippen LogP contribution in [0.4, 0.5) is 4.39 Å². The maximum absolute atomic E-state index is 13.4. The molecule has 2 unspecified atom stereocenters. The van der Waals surface area contributed by atoms with Crippen molar-refractivity contribution in [3.63, 3.8) is 0 Å². The molecule has 1 saturated heterocycles. The van der Waals surface area contributed by atoms with E-state index in [1.54, 1.807) is 12.1 Å². The smallest absolute Gasteiger partial charge is 0.226 e. The summed E-state index contributed by atoms with van der Waals surface area (Å²) in [4.78, 5) is 27.7. The number of rotatable bonds is 6. The number of carbonyl (C=O) groups excluding carboxylic acids is 2. The number of carbonyl (C=O) groups is 2. The fourth-order valence-corrected chi connectivity index (χ4v) is 4.30. The largest absolute Gasteiger partial charge is 0.352 e. The molecule has 1 N–H and O–H groups in total. The summed E-state index contributed by atoms with van der Waals surface area (Å²) in [5, 5.41) is 2.93. The quantitative estimate of drug-likeness (QED) is 0.771. The van der Waals surface area contributed by atoms with E-state index in [4.69, 9.17) is 0 Å². The van der Waals surface area contributed by atoms with Crippen LogP contribution in [-0.2, 0) is 22.6 Å². The van der Waals surface area contributed by atoms with Crippen LogP contribution in [0.1, 0.15) is 55.3 Å². The molecule has 2 fully saturated rings. The van der Waals surface area contributed by atoms with Crippen LogP contribution in [0.2, 0.25) is 0 Å². The number of aryl methyl sites for hydroxylation is 1. The first-order valence-corrected chi connectivity index (χ1v) is 11.0. The number of amides is 2. The number of halogens is 1. The number of likely N-dealkylation sites (tertiary alicyclic amines) is 1. The monoisotopic (exact) mass is 408 g/mol. The van der Waals surface area contributed by atoms with Gasteiger partial charge in [-0.2, -0.15) is 0 Å². The molecule has 2 aliphatic rings. The van der Waals surface area contributed by atoms with Crippen molar-refractivity contribution in [2.75, 3.05) is 6.54 Å². The molecule has 30 heavy (non-hydrogen) atoms. The summed E-state index contributed by atoms with van der Waals surface area (Å²) in [6.45, 7) is 2.88. The number of nitrogens with one attached hydrogen (secondary N) is 1. The molecule has 158 valence electrons. The Morgan fingerprint density at radius 1 is 1.00 bits per heavy atom. The van der Waals surface area contributed by atoms with Crippen molar-refractivity contribution >= 4 is 11.8 Å². The second-order valence-corrected chi connectivity index (χ2v) is 8.50. The van der Waals surface area contributed by atoms with Crippen LogP contribution in [0.25, 0.3) is 0 Å².